The van der Waals surface area contributed by atoms with Crippen molar-refractivity contribution in [3.05, 3.63) is 0 Å². The van der Waals surface area contributed by atoms with Gasteiger partial charge < -0.3 is 9.47 Å². The van der Waals surface area contributed by atoms with Gasteiger partial charge in [0.15, 0.2) is 0 Å². The molecule has 0 spiro atoms. The van der Waals surface area contributed by atoms with Crippen LogP contribution in [0, 0.1) is 0 Å². The van der Waals surface area contributed by atoms with E-state index in [-0.39, 0.29) is 0 Å². The van der Waals surface area contributed by atoms with Gasteiger partial charge in [0.1, 0.15) is 0 Å². The van der Waals surface area contributed by atoms with Crippen LogP contribution in [-0.2, 0) is 9.47 Å². The van der Waals surface area contributed by atoms with E-state index in [0.29, 0.717) is 6.10 Å². The molecule has 0 unspecified atom stereocenters. The molecule has 1 aliphatic rings. The number of hydrogen-bond donors (Lipinski definition) is 1. The van der Waals surface area contributed by atoms with E-state index in [9.17, 15) is 0 Å². The molecule has 0 aromatic heterocycles. The Morgan fingerprint density at radius 3 is 2.29 bits per heavy atom. The molecule has 0 heterocycles. The molecule has 1 aliphatic carbocycles. The highest BCUT2D eigenvalue weighted by Crippen LogP contribution is 2.19. The van der Waals surface area contributed by atoms with Crippen LogP contribution in [0.4, 0.5) is 0 Å². The second-order valence-electron chi connectivity index (χ2n) is 3.82. The van der Waals surface area contributed by atoms with Crippen LogP contribution in [0.15, 0.2) is 0 Å². The molecule has 0 bridgehead atoms. The molecule has 0 aromatic carbocycles. The number of hydrogen-bond acceptors (Lipinski definition) is 3. The third-order valence-electron chi connectivity index (χ3n) is 2.62. The first-order valence-electron chi connectivity index (χ1n) is 5.73. The summed E-state index contributed by atoms with van der Waals surface area (Å²) < 4.78 is 11.1. The van der Waals surface area contributed by atoms with Crippen LogP contribution >= 0.6 is 12.6 Å². The summed E-state index contributed by atoms with van der Waals surface area (Å²) in [7, 11) is 0. The number of ether oxygens (including phenoxy) is 2. The van der Waals surface area contributed by atoms with Crippen molar-refractivity contribution >= 4 is 12.6 Å². The molecule has 0 N–H and O–H groups in total. The maximum absolute atomic E-state index is 5.76. The summed E-state index contributed by atoms with van der Waals surface area (Å²) in [5.74, 6) is 0.795. The molecule has 0 atom stereocenters. The summed E-state index contributed by atoms with van der Waals surface area (Å²) in [4.78, 5) is 0. The SMILES string of the molecule is SCCOCCOC1CCCCCC1. The molecular formula is C11H22O2S. The van der Waals surface area contributed by atoms with Gasteiger partial charge in [-0.15, -0.1) is 0 Å². The third-order valence-corrected chi connectivity index (χ3v) is 2.80. The topological polar surface area (TPSA) is 18.5 Å². The Morgan fingerprint density at radius 2 is 1.64 bits per heavy atom. The lowest BCUT2D eigenvalue weighted by Gasteiger charge is -2.14. The van der Waals surface area contributed by atoms with Gasteiger partial charge in [-0.05, 0) is 12.8 Å². The Balaban J connectivity index is 1.93. The molecule has 14 heavy (non-hydrogen) atoms. The summed E-state index contributed by atoms with van der Waals surface area (Å²) in [6, 6.07) is 0. The lowest BCUT2D eigenvalue weighted by molar-refractivity contribution is 0.00197. The van der Waals surface area contributed by atoms with Gasteiger partial charge in [0, 0.05) is 5.75 Å². The van der Waals surface area contributed by atoms with E-state index in [1.165, 1.54) is 38.5 Å². The first kappa shape index (κ1) is 12.3. The fraction of sp³-hybridized carbons (Fsp3) is 1.00. The van der Waals surface area contributed by atoms with Gasteiger partial charge >= 0.3 is 0 Å². The van der Waals surface area contributed by atoms with Gasteiger partial charge in [-0.25, -0.2) is 0 Å². The quantitative estimate of drug-likeness (QED) is 0.420. The molecule has 1 rings (SSSR count). The predicted molar refractivity (Wildman–Crippen MR) is 62.1 cm³/mol. The average Bonchev–Trinajstić information content (AvgIpc) is 2.46. The van der Waals surface area contributed by atoms with Crippen molar-refractivity contribution in [3.63, 3.8) is 0 Å². The second kappa shape index (κ2) is 8.57. The molecule has 0 aromatic rings. The first-order chi connectivity index (χ1) is 6.93. The number of rotatable bonds is 6. The van der Waals surface area contributed by atoms with Crippen LogP contribution in [-0.4, -0.2) is 31.7 Å². The van der Waals surface area contributed by atoms with E-state index in [2.05, 4.69) is 12.6 Å². The van der Waals surface area contributed by atoms with E-state index in [4.69, 9.17) is 9.47 Å². The van der Waals surface area contributed by atoms with Crippen molar-refractivity contribution in [2.45, 2.75) is 44.6 Å². The zero-order chi connectivity index (χ0) is 10.1. The number of thiol groups is 1. The van der Waals surface area contributed by atoms with E-state index >= 15 is 0 Å². The third kappa shape index (κ3) is 5.89. The lowest BCUT2D eigenvalue weighted by Crippen LogP contribution is -2.15. The Morgan fingerprint density at radius 1 is 0.929 bits per heavy atom. The van der Waals surface area contributed by atoms with Crippen molar-refractivity contribution < 1.29 is 9.47 Å². The summed E-state index contributed by atoms with van der Waals surface area (Å²) in [6.45, 7) is 2.20. The minimum absolute atomic E-state index is 0.497. The first-order valence-corrected chi connectivity index (χ1v) is 6.37. The van der Waals surface area contributed by atoms with E-state index < -0.39 is 0 Å². The fourth-order valence-electron chi connectivity index (χ4n) is 1.85. The molecule has 1 fully saturated rings. The van der Waals surface area contributed by atoms with Gasteiger partial charge in [0.05, 0.1) is 25.9 Å². The monoisotopic (exact) mass is 218 g/mol. The second-order valence-corrected chi connectivity index (χ2v) is 4.27. The maximum atomic E-state index is 5.76. The van der Waals surface area contributed by atoms with Gasteiger partial charge in [0.2, 0.25) is 0 Å². The predicted octanol–water partition coefficient (Wildman–Crippen LogP) is 2.67. The highest BCUT2D eigenvalue weighted by molar-refractivity contribution is 7.80. The molecule has 3 heteroatoms. The van der Waals surface area contributed by atoms with Crippen LogP contribution in [0.2, 0.25) is 0 Å². The smallest absolute Gasteiger partial charge is 0.0704 e. The molecular weight excluding hydrogens is 196 g/mol. The summed E-state index contributed by atoms with van der Waals surface area (Å²) in [5, 5.41) is 0. The largest absolute Gasteiger partial charge is 0.378 e. The standard InChI is InChI=1S/C11H22O2S/c14-10-9-12-7-8-13-11-5-3-1-2-4-6-11/h11,14H,1-10H2. The molecule has 1 saturated carbocycles. The average molecular weight is 218 g/mol. The normalized spacial score (nSPS) is 19.5. The van der Waals surface area contributed by atoms with Crippen molar-refractivity contribution in [2.75, 3.05) is 25.6 Å². The van der Waals surface area contributed by atoms with Gasteiger partial charge in [-0.1, -0.05) is 25.7 Å². The van der Waals surface area contributed by atoms with Crippen LogP contribution in [0.1, 0.15) is 38.5 Å². The van der Waals surface area contributed by atoms with Crippen molar-refractivity contribution in [3.8, 4) is 0 Å². The molecule has 0 aliphatic heterocycles. The fourth-order valence-corrected chi connectivity index (χ4v) is 1.98. The summed E-state index contributed by atoms with van der Waals surface area (Å²) in [6.07, 6.45) is 8.42. The zero-order valence-corrected chi connectivity index (χ0v) is 9.81. The summed E-state index contributed by atoms with van der Waals surface area (Å²) >= 11 is 4.07. The van der Waals surface area contributed by atoms with Crippen molar-refractivity contribution in [1.29, 1.82) is 0 Å². The van der Waals surface area contributed by atoms with Gasteiger partial charge in [-0.2, -0.15) is 12.6 Å². The summed E-state index contributed by atoms with van der Waals surface area (Å²) in [5.41, 5.74) is 0. The van der Waals surface area contributed by atoms with Gasteiger partial charge in [-0.3, -0.25) is 0 Å². The van der Waals surface area contributed by atoms with Crippen molar-refractivity contribution in [1.82, 2.24) is 0 Å². The van der Waals surface area contributed by atoms with Gasteiger partial charge in [0.25, 0.3) is 0 Å². The van der Waals surface area contributed by atoms with Crippen molar-refractivity contribution in [2.24, 2.45) is 0 Å². The molecule has 0 saturated heterocycles. The molecule has 84 valence electrons. The van der Waals surface area contributed by atoms with E-state index in [1.807, 2.05) is 0 Å². The van der Waals surface area contributed by atoms with E-state index in [0.717, 1.165) is 25.6 Å². The minimum Gasteiger partial charge on any atom is -0.378 e. The highest BCUT2D eigenvalue weighted by atomic mass is 32.1. The Hall–Kier alpha value is 0.270. The Bertz CT molecular complexity index is 122. The Labute approximate surface area is 92.8 Å². The van der Waals surface area contributed by atoms with Crippen LogP contribution < -0.4 is 0 Å². The van der Waals surface area contributed by atoms with Crippen LogP contribution in [0.25, 0.3) is 0 Å². The minimum atomic E-state index is 0.497. The van der Waals surface area contributed by atoms with Crippen LogP contribution in [0.5, 0.6) is 0 Å². The molecule has 2 nitrogen and oxygen atoms in total. The Kier molecular flexibility index (Phi) is 7.55. The van der Waals surface area contributed by atoms with E-state index in [1.54, 1.807) is 0 Å². The maximum Gasteiger partial charge on any atom is 0.0704 e. The molecule has 0 radical (unpaired) electrons. The molecule has 0 amide bonds. The highest BCUT2D eigenvalue weighted by Gasteiger charge is 2.11. The zero-order valence-electron chi connectivity index (χ0n) is 8.91. The lowest BCUT2D eigenvalue weighted by atomic mass is 10.1. The van der Waals surface area contributed by atoms with Crippen LogP contribution in [0.3, 0.4) is 0 Å².